The molecular weight excluding hydrogens is 242 g/mol. The summed E-state index contributed by atoms with van der Waals surface area (Å²) in [4.78, 5) is 17.2. The SMILES string of the molecule is CC(C)CN(CCCn1ccnc1)CC(C)C(=O)O. The summed E-state index contributed by atoms with van der Waals surface area (Å²) in [5.74, 6) is -0.482. The Kier molecular flexibility index (Phi) is 6.56. The summed E-state index contributed by atoms with van der Waals surface area (Å²) >= 11 is 0. The molecule has 1 N–H and O–H groups in total. The molecule has 0 bridgehead atoms. The number of hydrogen-bond donors (Lipinski definition) is 1. The second kappa shape index (κ2) is 7.94. The van der Waals surface area contributed by atoms with E-state index >= 15 is 0 Å². The number of aryl methyl sites for hydroxylation is 1. The molecule has 108 valence electrons. The third kappa shape index (κ3) is 6.38. The fourth-order valence-corrected chi connectivity index (χ4v) is 2.13. The van der Waals surface area contributed by atoms with Crippen LogP contribution in [0.5, 0.6) is 0 Å². The molecule has 5 heteroatoms. The largest absolute Gasteiger partial charge is 0.481 e. The monoisotopic (exact) mass is 267 g/mol. The lowest BCUT2D eigenvalue weighted by atomic mass is 10.1. The summed E-state index contributed by atoms with van der Waals surface area (Å²) in [5, 5.41) is 9.00. The minimum absolute atomic E-state index is 0.313. The number of imidazole rings is 1. The van der Waals surface area contributed by atoms with E-state index in [1.54, 1.807) is 13.1 Å². The summed E-state index contributed by atoms with van der Waals surface area (Å²) in [6.45, 7) is 9.51. The number of carbonyl (C=O) groups is 1. The maximum atomic E-state index is 10.9. The molecule has 5 nitrogen and oxygen atoms in total. The molecule has 0 aromatic carbocycles. The van der Waals surface area contributed by atoms with Gasteiger partial charge < -0.3 is 14.6 Å². The Bertz CT molecular complexity index is 363. The average molecular weight is 267 g/mol. The van der Waals surface area contributed by atoms with E-state index in [-0.39, 0.29) is 5.92 Å². The number of hydrogen-bond acceptors (Lipinski definition) is 3. The molecule has 0 saturated carbocycles. The first kappa shape index (κ1) is 15.7. The number of aliphatic carboxylic acids is 1. The Balaban J connectivity index is 2.38. The first-order valence-electron chi connectivity index (χ1n) is 6.90. The zero-order valence-corrected chi connectivity index (χ0v) is 12.1. The fourth-order valence-electron chi connectivity index (χ4n) is 2.13. The second-order valence-electron chi connectivity index (χ2n) is 5.55. The molecule has 0 aliphatic heterocycles. The van der Waals surface area contributed by atoms with Crippen molar-refractivity contribution in [2.75, 3.05) is 19.6 Å². The molecule has 0 aliphatic rings. The molecule has 1 aromatic heterocycles. The highest BCUT2D eigenvalue weighted by atomic mass is 16.4. The van der Waals surface area contributed by atoms with Gasteiger partial charge in [0.25, 0.3) is 0 Å². The number of nitrogens with zero attached hydrogens (tertiary/aromatic N) is 3. The Morgan fingerprint density at radius 1 is 1.37 bits per heavy atom. The van der Waals surface area contributed by atoms with Gasteiger partial charge in [0, 0.05) is 32.0 Å². The molecule has 1 unspecified atom stereocenters. The average Bonchev–Trinajstić information content (AvgIpc) is 2.80. The quantitative estimate of drug-likeness (QED) is 0.743. The fraction of sp³-hybridized carbons (Fsp3) is 0.714. The second-order valence-corrected chi connectivity index (χ2v) is 5.55. The third-order valence-corrected chi connectivity index (χ3v) is 3.03. The molecule has 0 spiro atoms. The van der Waals surface area contributed by atoms with Gasteiger partial charge in [0.05, 0.1) is 12.2 Å². The predicted molar refractivity (Wildman–Crippen MR) is 74.9 cm³/mol. The minimum atomic E-state index is -0.719. The molecular formula is C14H25N3O2. The van der Waals surface area contributed by atoms with E-state index in [1.807, 2.05) is 17.1 Å². The predicted octanol–water partition coefficient (Wildman–Crippen LogP) is 1.95. The number of carboxylic acids is 1. The van der Waals surface area contributed by atoms with E-state index in [1.165, 1.54) is 0 Å². The summed E-state index contributed by atoms with van der Waals surface area (Å²) in [6, 6.07) is 0. The Hall–Kier alpha value is -1.36. The molecule has 0 fully saturated rings. The van der Waals surface area contributed by atoms with Crippen LogP contribution in [0.2, 0.25) is 0 Å². The Labute approximate surface area is 115 Å². The van der Waals surface area contributed by atoms with Crippen LogP contribution in [-0.2, 0) is 11.3 Å². The van der Waals surface area contributed by atoms with Crippen LogP contribution in [0, 0.1) is 11.8 Å². The van der Waals surface area contributed by atoms with Gasteiger partial charge in [-0.15, -0.1) is 0 Å². The van der Waals surface area contributed by atoms with Crippen LogP contribution in [-0.4, -0.2) is 45.2 Å². The van der Waals surface area contributed by atoms with Gasteiger partial charge in [-0.05, 0) is 18.9 Å². The van der Waals surface area contributed by atoms with Crippen LogP contribution < -0.4 is 0 Å². The van der Waals surface area contributed by atoms with Gasteiger partial charge >= 0.3 is 5.97 Å². The van der Waals surface area contributed by atoms with Crippen LogP contribution in [0.15, 0.2) is 18.7 Å². The zero-order valence-electron chi connectivity index (χ0n) is 12.1. The van der Waals surface area contributed by atoms with Gasteiger partial charge in [0.15, 0.2) is 0 Å². The van der Waals surface area contributed by atoms with Crippen molar-refractivity contribution in [3.8, 4) is 0 Å². The first-order valence-corrected chi connectivity index (χ1v) is 6.90. The molecule has 0 radical (unpaired) electrons. The van der Waals surface area contributed by atoms with E-state index < -0.39 is 5.97 Å². The number of aromatic nitrogens is 2. The molecule has 1 heterocycles. The van der Waals surface area contributed by atoms with Crippen molar-refractivity contribution < 1.29 is 9.90 Å². The van der Waals surface area contributed by atoms with E-state index in [0.717, 1.165) is 26.1 Å². The highest BCUT2D eigenvalue weighted by Crippen LogP contribution is 2.06. The Morgan fingerprint density at radius 3 is 2.63 bits per heavy atom. The maximum Gasteiger partial charge on any atom is 0.307 e. The lowest BCUT2D eigenvalue weighted by molar-refractivity contribution is -0.141. The summed E-state index contributed by atoms with van der Waals surface area (Å²) < 4.78 is 2.05. The zero-order chi connectivity index (χ0) is 14.3. The lowest BCUT2D eigenvalue weighted by Crippen LogP contribution is -2.35. The Morgan fingerprint density at radius 2 is 2.11 bits per heavy atom. The highest BCUT2D eigenvalue weighted by Gasteiger charge is 2.16. The standard InChI is InChI=1S/C14H25N3O2/c1-12(2)9-17(10-13(3)14(18)19)7-4-6-16-8-5-15-11-16/h5,8,11-13H,4,6-7,9-10H2,1-3H3,(H,18,19). The summed E-state index contributed by atoms with van der Waals surface area (Å²) in [5.41, 5.74) is 0. The third-order valence-electron chi connectivity index (χ3n) is 3.03. The van der Waals surface area contributed by atoms with Gasteiger partial charge in [0.2, 0.25) is 0 Å². The molecule has 19 heavy (non-hydrogen) atoms. The minimum Gasteiger partial charge on any atom is -0.481 e. The van der Waals surface area contributed by atoms with Crippen molar-refractivity contribution in [3.63, 3.8) is 0 Å². The van der Waals surface area contributed by atoms with Gasteiger partial charge in [0.1, 0.15) is 0 Å². The molecule has 1 rings (SSSR count). The smallest absolute Gasteiger partial charge is 0.307 e. The maximum absolute atomic E-state index is 10.9. The van der Waals surface area contributed by atoms with E-state index in [0.29, 0.717) is 12.5 Å². The van der Waals surface area contributed by atoms with E-state index in [9.17, 15) is 4.79 Å². The van der Waals surface area contributed by atoms with Crippen LogP contribution in [0.3, 0.4) is 0 Å². The van der Waals surface area contributed by atoms with Gasteiger partial charge in [-0.3, -0.25) is 4.79 Å². The molecule has 0 saturated heterocycles. The molecule has 0 aliphatic carbocycles. The van der Waals surface area contributed by atoms with Crippen molar-refractivity contribution in [2.24, 2.45) is 11.8 Å². The van der Waals surface area contributed by atoms with E-state index in [2.05, 4.69) is 23.7 Å². The van der Waals surface area contributed by atoms with E-state index in [4.69, 9.17) is 5.11 Å². The summed E-state index contributed by atoms with van der Waals surface area (Å²) in [6.07, 6.45) is 6.55. The van der Waals surface area contributed by atoms with Crippen molar-refractivity contribution in [3.05, 3.63) is 18.7 Å². The van der Waals surface area contributed by atoms with Crippen LogP contribution >= 0.6 is 0 Å². The van der Waals surface area contributed by atoms with Crippen LogP contribution in [0.4, 0.5) is 0 Å². The highest BCUT2D eigenvalue weighted by molar-refractivity contribution is 5.69. The van der Waals surface area contributed by atoms with Crippen molar-refractivity contribution in [2.45, 2.75) is 33.7 Å². The van der Waals surface area contributed by atoms with Crippen LogP contribution in [0.1, 0.15) is 27.2 Å². The summed E-state index contributed by atoms with van der Waals surface area (Å²) in [7, 11) is 0. The normalized spacial score (nSPS) is 13.1. The first-order chi connectivity index (χ1) is 8.99. The van der Waals surface area contributed by atoms with Crippen molar-refractivity contribution in [1.82, 2.24) is 14.5 Å². The van der Waals surface area contributed by atoms with Crippen molar-refractivity contribution >= 4 is 5.97 Å². The number of carboxylic acid groups (broad SMARTS) is 1. The van der Waals surface area contributed by atoms with Gasteiger partial charge in [-0.25, -0.2) is 4.98 Å². The lowest BCUT2D eigenvalue weighted by Gasteiger charge is -2.26. The molecule has 1 aromatic rings. The topological polar surface area (TPSA) is 58.4 Å². The van der Waals surface area contributed by atoms with Crippen LogP contribution in [0.25, 0.3) is 0 Å². The van der Waals surface area contributed by atoms with Gasteiger partial charge in [-0.2, -0.15) is 0 Å². The molecule has 1 atom stereocenters. The number of rotatable bonds is 9. The van der Waals surface area contributed by atoms with Gasteiger partial charge in [-0.1, -0.05) is 20.8 Å². The van der Waals surface area contributed by atoms with Crippen molar-refractivity contribution in [1.29, 1.82) is 0 Å². The molecule has 0 amide bonds.